The SMILES string of the molecule is O=C(CCCc1ccccc1)Nc1ccc(N2CCCS2(=O)=O)cc1. The molecule has 1 saturated heterocycles. The van der Waals surface area contributed by atoms with Crippen molar-refractivity contribution in [3.05, 3.63) is 60.2 Å². The molecule has 25 heavy (non-hydrogen) atoms. The molecule has 0 aromatic heterocycles. The Kier molecular flexibility index (Phi) is 5.38. The lowest BCUT2D eigenvalue weighted by molar-refractivity contribution is -0.116. The number of aryl methyl sites for hydroxylation is 1. The normalized spacial score (nSPS) is 15.9. The third-order valence-corrected chi connectivity index (χ3v) is 6.12. The van der Waals surface area contributed by atoms with Crippen LogP contribution in [0.2, 0.25) is 0 Å². The van der Waals surface area contributed by atoms with Crippen molar-refractivity contribution in [2.45, 2.75) is 25.7 Å². The van der Waals surface area contributed by atoms with E-state index in [1.165, 1.54) is 9.87 Å². The van der Waals surface area contributed by atoms with Gasteiger partial charge in [-0.2, -0.15) is 0 Å². The summed E-state index contributed by atoms with van der Waals surface area (Å²) in [5.41, 5.74) is 2.57. The molecule has 0 saturated carbocycles. The van der Waals surface area contributed by atoms with Crippen molar-refractivity contribution in [1.82, 2.24) is 0 Å². The Morgan fingerprint density at radius 3 is 2.40 bits per heavy atom. The fourth-order valence-corrected chi connectivity index (χ4v) is 4.53. The number of hydrogen-bond donors (Lipinski definition) is 1. The Balaban J connectivity index is 1.50. The number of carbonyl (C=O) groups is 1. The van der Waals surface area contributed by atoms with Gasteiger partial charge in [0.15, 0.2) is 0 Å². The predicted molar refractivity (Wildman–Crippen MR) is 100 cm³/mol. The van der Waals surface area contributed by atoms with Crippen molar-refractivity contribution in [3.63, 3.8) is 0 Å². The highest BCUT2D eigenvalue weighted by molar-refractivity contribution is 7.93. The lowest BCUT2D eigenvalue weighted by Crippen LogP contribution is -2.24. The summed E-state index contributed by atoms with van der Waals surface area (Å²) in [4.78, 5) is 12.0. The van der Waals surface area contributed by atoms with Crippen molar-refractivity contribution in [2.75, 3.05) is 21.9 Å². The van der Waals surface area contributed by atoms with Gasteiger partial charge >= 0.3 is 0 Å². The Bertz CT molecular complexity index is 818. The van der Waals surface area contributed by atoms with E-state index in [4.69, 9.17) is 0 Å². The molecule has 3 rings (SSSR count). The molecule has 1 aliphatic rings. The number of rotatable bonds is 6. The number of hydrogen-bond acceptors (Lipinski definition) is 3. The van der Waals surface area contributed by atoms with Crippen molar-refractivity contribution in [2.24, 2.45) is 0 Å². The minimum Gasteiger partial charge on any atom is -0.326 e. The van der Waals surface area contributed by atoms with E-state index in [0.717, 1.165) is 12.8 Å². The topological polar surface area (TPSA) is 66.5 Å². The Hall–Kier alpha value is -2.34. The van der Waals surface area contributed by atoms with E-state index in [1.807, 2.05) is 18.2 Å². The zero-order valence-electron chi connectivity index (χ0n) is 14.0. The number of anilines is 2. The first-order valence-corrected chi connectivity index (χ1v) is 10.1. The second-order valence-corrected chi connectivity index (χ2v) is 8.19. The molecule has 1 heterocycles. The molecule has 5 nitrogen and oxygen atoms in total. The van der Waals surface area contributed by atoms with Gasteiger partial charge in [-0.1, -0.05) is 30.3 Å². The number of amides is 1. The summed E-state index contributed by atoms with van der Waals surface area (Å²) in [6, 6.07) is 17.1. The number of sulfonamides is 1. The van der Waals surface area contributed by atoms with Crippen molar-refractivity contribution >= 4 is 27.3 Å². The standard InChI is InChI=1S/C19H22N2O3S/c22-19(9-4-8-16-6-2-1-3-7-16)20-17-10-12-18(13-11-17)21-14-5-15-25(21,23)24/h1-3,6-7,10-13H,4-5,8-9,14-15H2,(H,20,22). The lowest BCUT2D eigenvalue weighted by Gasteiger charge is -2.17. The van der Waals surface area contributed by atoms with Crippen LogP contribution in [0.1, 0.15) is 24.8 Å². The van der Waals surface area contributed by atoms with E-state index in [0.29, 0.717) is 30.8 Å². The number of nitrogens with one attached hydrogen (secondary N) is 1. The summed E-state index contributed by atoms with van der Waals surface area (Å²) >= 11 is 0. The molecule has 0 radical (unpaired) electrons. The maximum absolute atomic E-state index is 12.0. The van der Waals surface area contributed by atoms with Crippen molar-refractivity contribution < 1.29 is 13.2 Å². The summed E-state index contributed by atoms with van der Waals surface area (Å²) < 4.78 is 25.3. The molecule has 132 valence electrons. The van der Waals surface area contributed by atoms with Gasteiger partial charge in [0.2, 0.25) is 15.9 Å². The van der Waals surface area contributed by atoms with Gasteiger partial charge in [0.1, 0.15) is 0 Å². The average molecular weight is 358 g/mol. The van der Waals surface area contributed by atoms with Crippen LogP contribution in [0.4, 0.5) is 11.4 Å². The van der Waals surface area contributed by atoms with Gasteiger partial charge in [0.05, 0.1) is 11.4 Å². The van der Waals surface area contributed by atoms with Crippen LogP contribution in [-0.2, 0) is 21.2 Å². The molecule has 1 amide bonds. The Morgan fingerprint density at radius 2 is 1.76 bits per heavy atom. The molecular weight excluding hydrogens is 336 g/mol. The van der Waals surface area contributed by atoms with Crippen LogP contribution in [0.15, 0.2) is 54.6 Å². The number of nitrogens with zero attached hydrogens (tertiary/aromatic N) is 1. The second-order valence-electron chi connectivity index (χ2n) is 6.18. The maximum Gasteiger partial charge on any atom is 0.235 e. The third-order valence-electron chi connectivity index (χ3n) is 4.25. The summed E-state index contributed by atoms with van der Waals surface area (Å²) in [7, 11) is -3.17. The van der Waals surface area contributed by atoms with Crippen LogP contribution in [0, 0.1) is 0 Å². The highest BCUT2D eigenvalue weighted by Gasteiger charge is 2.28. The Morgan fingerprint density at radius 1 is 1.04 bits per heavy atom. The largest absolute Gasteiger partial charge is 0.326 e. The van der Waals surface area contributed by atoms with Gasteiger partial charge in [-0.25, -0.2) is 8.42 Å². The van der Waals surface area contributed by atoms with Crippen LogP contribution < -0.4 is 9.62 Å². The van der Waals surface area contributed by atoms with Gasteiger partial charge in [-0.15, -0.1) is 0 Å². The van der Waals surface area contributed by atoms with E-state index >= 15 is 0 Å². The van der Waals surface area contributed by atoms with Crippen LogP contribution in [-0.4, -0.2) is 26.6 Å². The van der Waals surface area contributed by atoms with E-state index in [1.54, 1.807) is 24.3 Å². The van der Waals surface area contributed by atoms with E-state index in [-0.39, 0.29) is 11.7 Å². The Labute approximate surface area is 148 Å². The molecule has 0 aliphatic carbocycles. The highest BCUT2D eigenvalue weighted by atomic mass is 32.2. The fourth-order valence-electron chi connectivity index (χ4n) is 2.96. The van der Waals surface area contributed by atoms with E-state index < -0.39 is 10.0 Å². The smallest absolute Gasteiger partial charge is 0.235 e. The van der Waals surface area contributed by atoms with Gasteiger partial charge in [0, 0.05) is 18.7 Å². The lowest BCUT2D eigenvalue weighted by atomic mass is 10.1. The van der Waals surface area contributed by atoms with Crippen molar-refractivity contribution in [3.8, 4) is 0 Å². The number of carbonyl (C=O) groups excluding carboxylic acids is 1. The molecule has 0 atom stereocenters. The van der Waals surface area contributed by atoms with Gasteiger partial charge in [-0.05, 0) is 49.1 Å². The molecule has 1 fully saturated rings. The molecule has 1 aliphatic heterocycles. The minimum absolute atomic E-state index is 0.0301. The summed E-state index contributed by atoms with van der Waals surface area (Å²) in [6.45, 7) is 0.521. The fraction of sp³-hybridized carbons (Fsp3) is 0.316. The molecule has 0 bridgehead atoms. The monoisotopic (exact) mass is 358 g/mol. The predicted octanol–water partition coefficient (Wildman–Crippen LogP) is 3.19. The zero-order valence-corrected chi connectivity index (χ0v) is 14.8. The quantitative estimate of drug-likeness (QED) is 0.862. The number of benzene rings is 2. The van der Waals surface area contributed by atoms with E-state index in [9.17, 15) is 13.2 Å². The molecule has 2 aromatic carbocycles. The molecule has 6 heteroatoms. The molecule has 0 unspecified atom stereocenters. The first-order valence-electron chi connectivity index (χ1n) is 8.49. The minimum atomic E-state index is -3.17. The van der Waals surface area contributed by atoms with E-state index in [2.05, 4.69) is 17.4 Å². The van der Waals surface area contributed by atoms with Gasteiger partial charge in [0.25, 0.3) is 0 Å². The van der Waals surface area contributed by atoms with Crippen LogP contribution in [0.3, 0.4) is 0 Å². The average Bonchev–Trinajstić information content (AvgIpc) is 2.96. The van der Waals surface area contributed by atoms with Crippen LogP contribution in [0.5, 0.6) is 0 Å². The highest BCUT2D eigenvalue weighted by Crippen LogP contribution is 2.25. The zero-order chi connectivity index (χ0) is 17.7. The van der Waals surface area contributed by atoms with Gasteiger partial charge < -0.3 is 5.32 Å². The van der Waals surface area contributed by atoms with Crippen molar-refractivity contribution in [1.29, 1.82) is 0 Å². The molecule has 0 spiro atoms. The summed E-state index contributed by atoms with van der Waals surface area (Å²) in [5.74, 6) is 0.171. The summed E-state index contributed by atoms with van der Waals surface area (Å²) in [6.07, 6.45) is 2.78. The van der Waals surface area contributed by atoms with Crippen LogP contribution >= 0.6 is 0 Å². The molecular formula is C19H22N2O3S. The molecule has 2 aromatic rings. The first-order chi connectivity index (χ1) is 12.0. The van der Waals surface area contributed by atoms with Gasteiger partial charge in [-0.3, -0.25) is 9.10 Å². The van der Waals surface area contributed by atoms with Crippen LogP contribution in [0.25, 0.3) is 0 Å². The third kappa shape index (κ3) is 4.60. The summed E-state index contributed by atoms with van der Waals surface area (Å²) in [5, 5.41) is 2.86. The maximum atomic E-state index is 12.0. The second kappa shape index (κ2) is 7.70. The molecule has 1 N–H and O–H groups in total. The first kappa shape index (κ1) is 17.5.